The van der Waals surface area contributed by atoms with Gasteiger partial charge in [0.05, 0.1) is 10.4 Å². The molecule has 0 spiro atoms. The lowest BCUT2D eigenvalue weighted by molar-refractivity contribution is 0.0464. The van der Waals surface area contributed by atoms with Crippen molar-refractivity contribution in [3.8, 4) is 10.6 Å². The van der Waals surface area contributed by atoms with Crippen LogP contribution in [-0.2, 0) is 11.3 Å². The fraction of sp³-hybridized carbons (Fsp3) is 0.176. The van der Waals surface area contributed by atoms with Gasteiger partial charge in [-0.2, -0.15) is 0 Å². The van der Waals surface area contributed by atoms with Gasteiger partial charge in [0.25, 0.3) is 0 Å². The molecule has 0 saturated heterocycles. The summed E-state index contributed by atoms with van der Waals surface area (Å²) in [6, 6.07) is 11.3. The van der Waals surface area contributed by atoms with Crippen LogP contribution in [0.25, 0.3) is 10.6 Å². The molecule has 4 nitrogen and oxygen atoms in total. The van der Waals surface area contributed by atoms with Gasteiger partial charge < -0.3 is 9.26 Å². The lowest BCUT2D eigenvalue weighted by Crippen LogP contribution is -2.06. The predicted molar refractivity (Wildman–Crippen MR) is 84.9 cm³/mol. The van der Waals surface area contributed by atoms with Crippen molar-refractivity contribution >= 4 is 17.3 Å². The zero-order chi connectivity index (χ0) is 15.5. The number of carbonyl (C=O) groups excluding carboxylic acids is 1. The van der Waals surface area contributed by atoms with E-state index in [1.165, 1.54) is 0 Å². The molecule has 1 aromatic carbocycles. The molecular weight excluding hydrogens is 298 g/mol. The van der Waals surface area contributed by atoms with Crippen LogP contribution < -0.4 is 0 Å². The summed E-state index contributed by atoms with van der Waals surface area (Å²) in [5, 5.41) is 5.90. The van der Waals surface area contributed by atoms with Gasteiger partial charge in [-0.1, -0.05) is 28.4 Å². The highest BCUT2D eigenvalue weighted by atomic mass is 32.1. The van der Waals surface area contributed by atoms with Crippen LogP contribution in [0.1, 0.15) is 27.2 Å². The van der Waals surface area contributed by atoms with E-state index in [9.17, 15) is 4.79 Å². The number of aromatic nitrogens is 1. The SMILES string of the molecule is Cc1cc(C)cc(C(=O)OCc2cc(-c3cccs3)on2)c1. The summed E-state index contributed by atoms with van der Waals surface area (Å²) in [6.07, 6.45) is 0. The van der Waals surface area contributed by atoms with Crippen molar-refractivity contribution in [2.24, 2.45) is 0 Å². The molecule has 0 unspecified atom stereocenters. The van der Waals surface area contributed by atoms with Crippen LogP contribution in [0, 0.1) is 13.8 Å². The van der Waals surface area contributed by atoms with Crippen molar-refractivity contribution < 1.29 is 14.1 Å². The molecule has 0 radical (unpaired) electrons. The number of nitrogens with zero attached hydrogens (tertiary/aromatic N) is 1. The predicted octanol–water partition coefficient (Wildman–Crippen LogP) is 4.38. The van der Waals surface area contributed by atoms with Gasteiger partial charge in [0.1, 0.15) is 12.3 Å². The van der Waals surface area contributed by atoms with E-state index < -0.39 is 0 Å². The van der Waals surface area contributed by atoms with Crippen molar-refractivity contribution in [1.29, 1.82) is 0 Å². The smallest absolute Gasteiger partial charge is 0.338 e. The van der Waals surface area contributed by atoms with Crippen LogP contribution in [0.3, 0.4) is 0 Å². The third kappa shape index (κ3) is 3.26. The molecule has 0 bridgehead atoms. The fourth-order valence-corrected chi connectivity index (χ4v) is 2.90. The molecule has 2 heterocycles. The normalized spacial score (nSPS) is 10.6. The maximum atomic E-state index is 12.1. The number of carbonyl (C=O) groups is 1. The van der Waals surface area contributed by atoms with E-state index in [0.29, 0.717) is 17.0 Å². The average Bonchev–Trinajstić information content (AvgIpc) is 3.14. The number of hydrogen-bond donors (Lipinski definition) is 0. The molecule has 0 N–H and O–H groups in total. The maximum absolute atomic E-state index is 12.1. The molecule has 3 aromatic rings. The van der Waals surface area contributed by atoms with Gasteiger partial charge in [0.2, 0.25) is 0 Å². The molecule has 0 saturated carbocycles. The Morgan fingerprint density at radius 1 is 1.23 bits per heavy atom. The zero-order valence-corrected chi connectivity index (χ0v) is 13.1. The molecule has 0 aliphatic heterocycles. The number of aryl methyl sites for hydroxylation is 2. The number of ether oxygens (including phenoxy) is 1. The number of hydrogen-bond acceptors (Lipinski definition) is 5. The number of thiophene rings is 1. The molecular formula is C17H15NO3S. The van der Waals surface area contributed by atoms with Gasteiger partial charge in [-0.25, -0.2) is 4.79 Å². The van der Waals surface area contributed by atoms with Gasteiger partial charge in [0, 0.05) is 6.07 Å². The van der Waals surface area contributed by atoms with Crippen molar-refractivity contribution in [3.05, 3.63) is 64.2 Å². The first-order chi connectivity index (χ1) is 10.6. The Morgan fingerprint density at radius 2 is 2.00 bits per heavy atom. The van der Waals surface area contributed by atoms with Gasteiger partial charge in [-0.05, 0) is 37.4 Å². The summed E-state index contributed by atoms with van der Waals surface area (Å²) < 4.78 is 10.6. The van der Waals surface area contributed by atoms with E-state index in [1.807, 2.05) is 49.6 Å². The molecule has 5 heteroatoms. The van der Waals surface area contributed by atoms with Crippen molar-refractivity contribution in [2.75, 3.05) is 0 Å². The van der Waals surface area contributed by atoms with Gasteiger partial charge in [0.15, 0.2) is 5.76 Å². The standard InChI is InChI=1S/C17H15NO3S/c1-11-6-12(2)8-13(7-11)17(19)20-10-14-9-15(21-18-14)16-4-3-5-22-16/h3-9H,10H2,1-2H3. The summed E-state index contributed by atoms with van der Waals surface area (Å²) in [4.78, 5) is 13.1. The molecule has 0 amide bonds. The second-order valence-electron chi connectivity index (χ2n) is 5.11. The number of benzene rings is 1. The second-order valence-corrected chi connectivity index (χ2v) is 6.06. The van der Waals surface area contributed by atoms with E-state index in [0.717, 1.165) is 16.0 Å². The van der Waals surface area contributed by atoms with Crippen LogP contribution in [0.4, 0.5) is 0 Å². The van der Waals surface area contributed by atoms with E-state index >= 15 is 0 Å². The summed E-state index contributed by atoms with van der Waals surface area (Å²) in [5.74, 6) is 0.333. The van der Waals surface area contributed by atoms with Gasteiger partial charge in [-0.15, -0.1) is 11.3 Å². The second kappa shape index (κ2) is 6.15. The third-order valence-electron chi connectivity index (χ3n) is 3.13. The molecule has 22 heavy (non-hydrogen) atoms. The van der Waals surface area contributed by atoms with Gasteiger partial charge in [-0.3, -0.25) is 0 Å². The topological polar surface area (TPSA) is 52.3 Å². The lowest BCUT2D eigenvalue weighted by atomic mass is 10.1. The van der Waals surface area contributed by atoms with Crippen LogP contribution in [-0.4, -0.2) is 11.1 Å². The Bertz CT molecular complexity index is 770. The molecule has 0 atom stereocenters. The molecule has 0 aliphatic carbocycles. The minimum absolute atomic E-state index is 0.0979. The quantitative estimate of drug-likeness (QED) is 0.671. The van der Waals surface area contributed by atoms with Crippen LogP contribution in [0.2, 0.25) is 0 Å². The highest BCUT2D eigenvalue weighted by Crippen LogP contribution is 2.25. The molecule has 0 fully saturated rings. The summed E-state index contributed by atoms with van der Waals surface area (Å²) in [5.41, 5.74) is 3.22. The first-order valence-electron chi connectivity index (χ1n) is 6.87. The lowest BCUT2D eigenvalue weighted by Gasteiger charge is -2.05. The molecule has 3 rings (SSSR count). The number of esters is 1. The highest BCUT2D eigenvalue weighted by Gasteiger charge is 2.12. The van der Waals surface area contributed by atoms with Crippen molar-refractivity contribution in [2.45, 2.75) is 20.5 Å². The van der Waals surface area contributed by atoms with E-state index in [-0.39, 0.29) is 12.6 Å². The van der Waals surface area contributed by atoms with E-state index in [2.05, 4.69) is 5.16 Å². The molecule has 0 aliphatic rings. The van der Waals surface area contributed by atoms with Crippen LogP contribution in [0.15, 0.2) is 46.3 Å². The first-order valence-corrected chi connectivity index (χ1v) is 7.75. The highest BCUT2D eigenvalue weighted by molar-refractivity contribution is 7.13. The van der Waals surface area contributed by atoms with Crippen molar-refractivity contribution in [3.63, 3.8) is 0 Å². The molecule has 112 valence electrons. The Morgan fingerprint density at radius 3 is 2.68 bits per heavy atom. The summed E-state index contributed by atoms with van der Waals surface area (Å²) in [6.45, 7) is 4.00. The zero-order valence-electron chi connectivity index (χ0n) is 12.3. The van der Waals surface area contributed by atoms with Gasteiger partial charge >= 0.3 is 5.97 Å². The third-order valence-corrected chi connectivity index (χ3v) is 4.02. The summed E-state index contributed by atoms with van der Waals surface area (Å²) in [7, 11) is 0. The molecule has 2 aromatic heterocycles. The van der Waals surface area contributed by atoms with E-state index in [1.54, 1.807) is 17.4 Å². The Kier molecular flexibility index (Phi) is 4.06. The Hall–Kier alpha value is -2.40. The monoisotopic (exact) mass is 313 g/mol. The van der Waals surface area contributed by atoms with Crippen LogP contribution >= 0.6 is 11.3 Å². The summed E-state index contributed by atoms with van der Waals surface area (Å²) >= 11 is 1.57. The minimum atomic E-state index is -0.354. The first kappa shape index (κ1) is 14.5. The van der Waals surface area contributed by atoms with Crippen molar-refractivity contribution in [1.82, 2.24) is 5.16 Å². The van der Waals surface area contributed by atoms with E-state index in [4.69, 9.17) is 9.26 Å². The largest absolute Gasteiger partial charge is 0.455 e. The maximum Gasteiger partial charge on any atom is 0.338 e. The fourth-order valence-electron chi connectivity index (χ4n) is 2.23. The average molecular weight is 313 g/mol. The van der Waals surface area contributed by atoms with Crippen LogP contribution in [0.5, 0.6) is 0 Å². The Balaban J connectivity index is 1.66. The minimum Gasteiger partial charge on any atom is -0.455 e. The Labute approximate surface area is 132 Å². The number of rotatable bonds is 4.